The highest BCUT2D eigenvalue weighted by Crippen LogP contribution is 2.25. The second-order valence-corrected chi connectivity index (χ2v) is 4.76. The molecule has 0 bridgehead atoms. The summed E-state index contributed by atoms with van der Waals surface area (Å²) in [6.45, 7) is 3.23. The highest BCUT2D eigenvalue weighted by atomic mass is 32.2. The standard InChI is InChI=1S/C12H16N4S/c1-2-3-8-13-10-4-6-11(7-5-10)17-12-14-9-15-16-12/h4-7,9,13H,2-3,8H2,1H3,(H,14,15,16). The summed E-state index contributed by atoms with van der Waals surface area (Å²) in [4.78, 5) is 5.23. The second-order valence-electron chi connectivity index (χ2n) is 3.70. The van der Waals surface area contributed by atoms with E-state index in [1.165, 1.54) is 24.9 Å². The van der Waals surface area contributed by atoms with Crippen LogP contribution in [0.2, 0.25) is 0 Å². The van der Waals surface area contributed by atoms with E-state index in [0.717, 1.165) is 16.6 Å². The predicted octanol–water partition coefficient (Wildman–Crippen LogP) is 3.17. The summed E-state index contributed by atoms with van der Waals surface area (Å²) in [6, 6.07) is 8.35. The molecule has 5 heteroatoms. The van der Waals surface area contributed by atoms with Crippen LogP contribution in [-0.2, 0) is 0 Å². The summed E-state index contributed by atoms with van der Waals surface area (Å²) in [5, 5.41) is 10.8. The molecule has 0 saturated carbocycles. The Morgan fingerprint density at radius 2 is 2.12 bits per heavy atom. The molecule has 1 aromatic carbocycles. The van der Waals surface area contributed by atoms with Crippen LogP contribution >= 0.6 is 11.8 Å². The minimum absolute atomic E-state index is 0.816. The first-order valence-corrected chi connectivity index (χ1v) is 6.57. The van der Waals surface area contributed by atoms with Gasteiger partial charge in [0.1, 0.15) is 6.33 Å². The molecule has 0 fully saturated rings. The van der Waals surface area contributed by atoms with Crippen molar-refractivity contribution in [2.75, 3.05) is 11.9 Å². The van der Waals surface area contributed by atoms with Crippen molar-refractivity contribution in [3.05, 3.63) is 30.6 Å². The van der Waals surface area contributed by atoms with E-state index in [9.17, 15) is 0 Å². The number of unbranched alkanes of at least 4 members (excludes halogenated alkanes) is 1. The number of hydrogen-bond donors (Lipinski definition) is 2. The van der Waals surface area contributed by atoms with Crippen LogP contribution in [0.15, 0.2) is 40.6 Å². The number of anilines is 1. The minimum Gasteiger partial charge on any atom is -0.385 e. The molecule has 4 nitrogen and oxygen atoms in total. The zero-order valence-electron chi connectivity index (χ0n) is 9.81. The van der Waals surface area contributed by atoms with Crippen molar-refractivity contribution in [1.29, 1.82) is 0 Å². The smallest absolute Gasteiger partial charge is 0.188 e. The molecule has 0 saturated heterocycles. The molecule has 1 heterocycles. The number of H-pyrrole nitrogens is 1. The Kier molecular flexibility index (Phi) is 4.44. The lowest BCUT2D eigenvalue weighted by molar-refractivity contribution is 0.834. The maximum atomic E-state index is 4.08. The number of nitrogens with one attached hydrogen (secondary N) is 2. The van der Waals surface area contributed by atoms with Gasteiger partial charge >= 0.3 is 0 Å². The monoisotopic (exact) mass is 248 g/mol. The van der Waals surface area contributed by atoms with Crippen molar-refractivity contribution in [1.82, 2.24) is 15.2 Å². The van der Waals surface area contributed by atoms with E-state index in [1.807, 2.05) is 0 Å². The van der Waals surface area contributed by atoms with Crippen LogP contribution < -0.4 is 5.32 Å². The van der Waals surface area contributed by atoms with Gasteiger partial charge in [0, 0.05) is 17.1 Å². The Morgan fingerprint density at radius 1 is 1.29 bits per heavy atom. The van der Waals surface area contributed by atoms with Gasteiger partial charge < -0.3 is 5.32 Å². The van der Waals surface area contributed by atoms with Crippen molar-refractivity contribution in [2.45, 2.75) is 29.8 Å². The van der Waals surface area contributed by atoms with Gasteiger partial charge in [0.15, 0.2) is 5.16 Å². The van der Waals surface area contributed by atoms with E-state index < -0.39 is 0 Å². The molecule has 2 N–H and O–H groups in total. The lowest BCUT2D eigenvalue weighted by atomic mass is 10.3. The Labute approximate surface area is 105 Å². The third-order valence-corrected chi connectivity index (χ3v) is 3.22. The van der Waals surface area contributed by atoms with Crippen LogP contribution in [0.3, 0.4) is 0 Å². The van der Waals surface area contributed by atoms with Gasteiger partial charge in [-0.1, -0.05) is 25.1 Å². The summed E-state index contributed by atoms with van der Waals surface area (Å²) in [5.74, 6) is 0. The molecule has 90 valence electrons. The molecule has 0 aliphatic carbocycles. The van der Waals surface area contributed by atoms with Crippen LogP contribution in [0.4, 0.5) is 5.69 Å². The fourth-order valence-corrected chi connectivity index (χ4v) is 2.10. The molecule has 2 rings (SSSR count). The molecule has 0 aliphatic rings. The Bertz CT molecular complexity index is 424. The molecule has 0 atom stereocenters. The first-order chi connectivity index (χ1) is 8.38. The summed E-state index contributed by atoms with van der Waals surface area (Å²) >= 11 is 1.57. The van der Waals surface area contributed by atoms with Crippen molar-refractivity contribution >= 4 is 17.4 Å². The van der Waals surface area contributed by atoms with Gasteiger partial charge in [0.25, 0.3) is 0 Å². The van der Waals surface area contributed by atoms with Crippen LogP contribution in [0.25, 0.3) is 0 Å². The average Bonchev–Trinajstić information content (AvgIpc) is 2.85. The van der Waals surface area contributed by atoms with E-state index in [1.54, 1.807) is 11.8 Å². The summed E-state index contributed by atoms with van der Waals surface area (Å²) in [5.41, 5.74) is 1.17. The fourth-order valence-electron chi connectivity index (χ4n) is 1.41. The van der Waals surface area contributed by atoms with E-state index in [0.29, 0.717) is 0 Å². The van der Waals surface area contributed by atoms with Gasteiger partial charge in [-0.05, 0) is 30.7 Å². The number of benzene rings is 1. The van der Waals surface area contributed by atoms with Gasteiger partial charge in [0.2, 0.25) is 0 Å². The maximum Gasteiger partial charge on any atom is 0.188 e. The van der Waals surface area contributed by atoms with Crippen LogP contribution in [0.5, 0.6) is 0 Å². The maximum absolute atomic E-state index is 4.08. The average molecular weight is 248 g/mol. The van der Waals surface area contributed by atoms with E-state index in [-0.39, 0.29) is 0 Å². The van der Waals surface area contributed by atoms with Crippen LogP contribution in [0, 0.1) is 0 Å². The minimum atomic E-state index is 0.816. The molecule has 0 aliphatic heterocycles. The molecule has 0 spiro atoms. The van der Waals surface area contributed by atoms with Gasteiger partial charge in [0.05, 0.1) is 0 Å². The largest absolute Gasteiger partial charge is 0.385 e. The second kappa shape index (κ2) is 6.30. The third kappa shape index (κ3) is 3.78. The molecule has 0 unspecified atom stereocenters. The summed E-state index contributed by atoms with van der Waals surface area (Å²) in [7, 11) is 0. The third-order valence-electron chi connectivity index (χ3n) is 2.32. The number of aromatic amines is 1. The molecular weight excluding hydrogens is 232 g/mol. The van der Waals surface area contributed by atoms with Gasteiger partial charge in [-0.15, -0.1) is 0 Å². The van der Waals surface area contributed by atoms with Crippen molar-refractivity contribution in [3.63, 3.8) is 0 Å². The first-order valence-electron chi connectivity index (χ1n) is 5.75. The van der Waals surface area contributed by atoms with Crippen molar-refractivity contribution in [3.8, 4) is 0 Å². The number of hydrogen-bond acceptors (Lipinski definition) is 4. The quantitative estimate of drug-likeness (QED) is 0.771. The molecule has 2 aromatic rings. The topological polar surface area (TPSA) is 53.6 Å². The lowest BCUT2D eigenvalue weighted by Crippen LogP contribution is -2.00. The van der Waals surface area contributed by atoms with E-state index in [4.69, 9.17) is 0 Å². The first kappa shape index (κ1) is 12.0. The lowest BCUT2D eigenvalue weighted by Gasteiger charge is -2.05. The normalized spacial score (nSPS) is 10.4. The Morgan fingerprint density at radius 3 is 2.76 bits per heavy atom. The fraction of sp³-hybridized carbons (Fsp3) is 0.333. The SMILES string of the molecule is CCCCNc1ccc(Sc2ncn[nH]2)cc1. The Balaban J connectivity index is 1.89. The molecule has 0 radical (unpaired) electrons. The summed E-state index contributed by atoms with van der Waals surface area (Å²) in [6.07, 6.45) is 3.93. The molecule has 1 aromatic heterocycles. The molecule has 17 heavy (non-hydrogen) atoms. The van der Waals surface area contributed by atoms with Crippen molar-refractivity contribution < 1.29 is 0 Å². The van der Waals surface area contributed by atoms with Crippen LogP contribution in [0.1, 0.15) is 19.8 Å². The van der Waals surface area contributed by atoms with Gasteiger partial charge in [-0.3, -0.25) is 5.10 Å². The zero-order chi connectivity index (χ0) is 11.9. The summed E-state index contributed by atoms with van der Waals surface area (Å²) < 4.78 is 0. The molecular formula is C12H16N4S. The number of rotatable bonds is 6. The van der Waals surface area contributed by atoms with Gasteiger partial charge in [-0.25, -0.2) is 4.98 Å². The van der Waals surface area contributed by atoms with Gasteiger partial charge in [-0.2, -0.15) is 5.10 Å². The zero-order valence-corrected chi connectivity index (χ0v) is 10.6. The van der Waals surface area contributed by atoms with E-state index in [2.05, 4.69) is 51.7 Å². The number of nitrogens with zero attached hydrogens (tertiary/aromatic N) is 2. The highest BCUT2D eigenvalue weighted by Gasteiger charge is 1.99. The highest BCUT2D eigenvalue weighted by molar-refractivity contribution is 7.99. The molecule has 0 amide bonds. The number of aromatic nitrogens is 3. The Hall–Kier alpha value is -1.49. The van der Waals surface area contributed by atoms with Crippen LogP contribution in [-0.4, -0.2) is 21.7 Å². The van der Waals surface area contributed by atoms with Crippen molar-refractivity contribution in [2.24, 2.45) is 0 Å². The predicted molar refractivity (Wildman–Crippen MR) is 70.3 cm³/mol. The van der Waals surface area contributed by atoms with E-state index >= 15 is 0 Å².